The summed E-state index contributed by atoms with van der Waals surface area (Å²) in [5.74, 6) is 0.302. The van der Waals surface area contributed by atoms with Gasteiger partial charge in [-0.3, -0.25) is 4.79 Å². The van der Waals surface area contributed by atoms with Crippen molar-refractivity contribution in [1.29, 1.82) is 0 Å². The van der Waals surface area contributed by atoms with Gasteiger partial charge in [-0.15, -0.1) is 0 Å². The van der Waals surface area contributed by atoms with Crippen LogP contribution in [0.2, 0.25) is 5.02 Å². The third-order valence-electron chi connectivity index (χ3n) is 5.16. The summed E-state index contributed by atoms with van der Waals surface area (Å²) in [6, 6.07) is 0.901. The number of alkyl halides is 3. The van der Waals surface area contributed by atoms with Gasteiger partial charge in [0, 0.05) is 31.7 Å². The van der Waals surface area contributed by atoms with Crippen LogP contribution in [0.15, 0.2) is 12.3 Å². The van der Waals surface area contributed by atoms with Crippen LogP contribution in [0.5, 0.6) is 0 Å². The lowest BCUT2D eigenvalue weighted by atomic mass is 9.96. The predicted molar refractivity (Wildman–Crippen MR) is 105 cm³/mol. The van der Waals surface area contributed by atoms with Crippen molar-refractivity contribution in [1.82, 2.24) is 15.2 Å². The molecular formula is C19H28ClF3N4O. The van der Waals surface area contributed by atoms with E-state index in [1.807, 2.05) is 4.90 Å². The Labute approximate surface area is 169 Å². The number of aromatic nitrogens is 1. The molecule has 0 unspecified atom stereocenters. The number of nitrogens with one attached hydrogen (secondary N) is 1. The lowest BCUT2D eigenvalue weighted by Gasteiger charge is -2.32. The Bertz CT molecular complexity index is 645. The molecule has 28 heavy (non-hydrogen) atoms. The summed E-state index contributed by atoms with van der Waals surface area (Å²) in [6.45, 7) is 8.94. The van der Waals surface area contributed by atoms with Crippen molar-refractivity contribution in [3.63, 3.8) is 0 Å². The first-order chi connectivity index (χ1) is 13.3. The van der Waals surface area contributed by atoms with Crippen molar-refractivity contribution in [3.8, 4) is 0 Å². The minimum Gasteiger partial charge on any atom is -0.356 e. The van der Waals surface area contributed by atoms with Crippen LogP contribution in [-0.4, -0.2) is 55.1 Å². The van der Waals surface area contributed by atoms with Crippen molar-refractivity contribution in [2.75, 3.05) is 44.2 Å². The molecule has 1 fully saturated rings. The second kappa shape index (κ2) is 10.3. The molecule has 0 atom stereocenters. The van der Waals surface area contributed by atoms with Gasteiger partial charge < -0.3 is 15.1 Å². The second-order valence-electron chi connectivity index (χ2n) is 6.96. The van der Waals surface area contributed by atoms with E-state index in [9.17, 15) is 18.0 Å². The molecule has 1 saturated heterocycles. The Morgan fingerprint density at radius 3 is 2.50 bits per heavy atom. The van der Waals surface area contributed by atoms with Gasteiger partial charge in [-0.05, 0) is 45.0 Å². The molecule has 1 aliphatic rings. The highest BCUT2D eigenvalue weighted by Gasteiger charge is 2.33. The van der Waals surface area contributed by atoms with E-state index >= 15 is 0 Å². The van der Waals surface area contributed by atoms with Crippen LogP contribution in [0.25, 0.3) is 0 Å². The minimum absolute atomic E-state index is 0.0193. The maximum Gasteiger partial charge on any atom is 0.417 e. The fraction of sp³-hybridized carbons (Fsp3) is 0.684. The standard InChI is InChI=1S/C19H28ClF3N4O/c1-3-26(4-2)9-5-8-24-18(28)14-6-10-27(11-7-14)17-16(20)12-15(13-25-17)19(21,22)23/h12-14H,3-11H2,1-2H3,(H,24,28). The molecule has 5 nitrogen and oxygen atoms in total. The molecule has 158 valence electrons. The monoisotopic (exact) mass is 420 g/mol. The normalized spacial score (nSPS) is 15.9. The van der Waals surface area contributed by atoms with Gasteiger partial charge in [0.1, 0.15) is 5.82 Å². The quantitative estimate of drug-likeness (QED) is 0.649. The highest BCUT2D eigenvalue weighted by molar-refractivity contribution is 6.33. The van der Waals surface area contributed by atoms with Gasteiger partial charge in [-0.1, -0.05) is 25.4 Å². The number of pyridine rings is 1. The Morgan fingerprint density at radius 2 is 1.96 bits per heavy atom. The topological polar surface area (TPSA) is 48.5 Å². The number of hydrogen-bond donors (Lipinski definition) is 1. The average Bonchev–Trinajstić information content (AvgIpc) is 2.67. The van der Waals surface area contributed by atoms with Crippen molar-refractivity contribution in [2.45, 2.75) is 39.3 Å². The SMILES string of the molecule is CCN(CC)CCCNC(=O)C1CCN(c2ncc(C(F)(F)F)cc2Cl)CC1. The summed E-state index contributed by atoms with van der Waals surface area (Å²) in [5, 5.41) is 2.98. The minimum atomic E-state index is -4.47. The fourth-order valence-electron chi connectivity index (χ4n) is 3.37. The van der Waals surface area contributed by atoms with E-state index in [0.29, 0.717) is 38.3 Å². The first-order valence-corrected chi connectivity index (χ1v) is 10.1. The first-order valence-electron chi connectivity index (χ1n) is 9.74. The molecule has 1 aromatic rings. The van der Waals surface area contributed by atoms with Gasteiger partial charge in [0.2, 0.25) is 5.91 Å². The molecule has 0 spiro atoms. The van der Waals surface area contributed by atoms with Gasteiger partial charge in [0.05, 0.1) is 10.6 Å². The van der Waals surface area contributed by atoms with E-state index in [1.165, 1.54) is 0 Å². The van der Waals surface area contributed by atoms with Crippen molar-refractivity contribution in [2.24, 2.45) is 5.92 Å². The second-order valence-corrected chi connectivity index (χ2v) is 7.37. The van der Waals surface area contributed by atoms with Gasteiger partial charge in [0.15, 0.2) is 0 Å². The summed E-state index contributed by atoms with van der Waals surface area (Å²) in [4.78, 5) is 20.4. The third-order valence-corrected chi connectivity index (χ3v) is 5.44. The maximum atomic E-state index is 12.7. The van der Waals surface area contributed by atoms with E-state index < -0.39 is 11.7 Å². The van der Waals surface area contributed by atoms with Crippen molar-refractivity contribution < 1.29 is 18.0 Å². The molecule has 1 amide bonds. The number of nitrogens with zero attached hydrogens (tertiary/aromatic N) is 3. The maximum absolute atomic E-state index is 12.7. The highest BCUT2D eigenvalue weighted by Crippen LogP contribution is 2.34. The van der Waals surface area contributed by atoms with E-state index in [0.717, 1.165) is 38.3 Å². The molecule has 9 heteroatoms. The molecule has 0 radical (unpaired) electrons. The van der Waals surface area contributed by atoms with Gasteiger partial charge in [0.25, 0.3) is 0 Å². The fourth-order valence-corrected chi connectivity index (χ4v) is 3.66. The Hall–Kier alpha value is -1.54. The molecular weight excluding hydrogens is 393 g/mol. The zero-order chi connectivity index (χ0) is 20.7. The summed E-state index contributed by atoms with van der Waals surface area (Å²) in [6.07, 6.45) is -1.50. The highest BCUT2D eigenvalue weighted by atomic mass is 35.5. The van der Waals surface area contributed by atoms with Gasteiger partial charge >= 0.3 is 6.18 Å². The molecule has 1 aromatic heterocycles. The van der Waals surface area contributed by atoms with Crippen molar-refractivity contribution >= 4 is 23.3 Å². The number of halogens is 4. The zero-order valence-corrected chi connectivity index (χ0v) is 17.1. The molecule has 0 bridgehead atoms. The number of hydrogen-bond acceptors (Lipinski definition) is 4. The summed E-state index contributed by atoms with van der Waals surface area (Å²) < 4.78 is 38.2. The summed E-state index contributed by atoms with van der Waals surface area (Å²) in [5.41, 5.74) is -0.861. The number of carbonyl (C=O) groups is 1. The van der Waals surface area contributed by atoms with Crippen LogP contribution >= 0.6 is 11.6 Å². The van der Waals surface area contributed by atoms with Crippen LogP contribution in [0.1, 0.15) is 38.7 Å². The lowest BCUT2D eigenvalue weighted by molar-refractivity contribution is -0.137. The molecule has 1 N–H and O–H groups in total. The molecule has 0 aliphatic carbocycles. The average molecular weight is 421 g/mol. The Morgan fingerprint density at radius 1 is 1.32 bits per heavy atom. The zero-order valence-electron chi connectivity index (χ0n) is 16.4. The first kappa shape index (κ1) is 22.7. The number of amides is 1. The summed E-state index contributed by atoms with van der Waals surface area (Å²) >= 11 is 6.01. The predicted octanol–water partition coefficient (Wildman–Crippen LogP) is 3.82. The molecule has 0 aromatic carbocycles. The van der Waals surface area contributed by atoms with Gasteiger partial charge in [-0.2, -0.15) is 13.2 Å². The van der Waals surface area contributed by atoms with E-state index in [4.69, 9.17) is 11.6 Å². The molecule has 2 heterocycles. The van der Waals surface area contributed by atoms with E-state index in [1.54, 1.807) is 0 Å². The Kier molecular flexibility index (Phi) is 8.37. The van der Waals surface area contributed by atoms with Gasteiger partial charge in [-0.25, -0.2) is 4.98 Å². The molecule has 2 rings (SSSR count). The van der Waals surface area contributed by atoms with Crippen LogP contribution in [0.3, 0.4) is 0 Å². The van der Waals surface area contributed by atoms with Crippen molar-refractivity contribution in [3.05, 3.63) is 22.8 Å². The van der Waals surface area contributed by atoms with E-state index in [-0.39, 0.29) is 16.8 Å². The smallest absolute Gasteiger partial charge is 0.356 e. The van der Waals surface area contributed by atoms with Crippen LogP contribution in [-0.2, 0) is 11.0 Å². The largest absolute Gasteiger partial charge is 0.417 e. The third kappa shape index (κ3) is 6.24. The van der Waals surface area contributed by atoms with E-state index in [2.05, 4.69) is 29.0 Å². The Balaban J connectivity index is 1.80. The molecule has 0 saturated carbocycles. The van der Waals surface area contributed by atoms with Crippen LogP contribution < -0.4 is 10.2 Å². The number of piperidine rings is 1. The number of anilines is 1. The van der Waals surface area contributed by atoms with Crippen LogP contribution in [0, 0.1) is 5.92 Å². The number of carbonyl (C=O) groups excluding carboxylic acids is 1. The summed E-state index contributed by atoms with van der Waals surface area (Å²) in [7, 11) is 0. The number of rotatable bonds is 8. The lowest BCUT2D eigenvalue weighted by Crippen LogP contribution is -2.41. The van der Waals surface area contributed by atoms with Crippen LogP contribution in [0.4, 0.5) is 19.0 Å². The molecule has 1 aliphatic heterocycles.